The number of anilines is 1. The lowest BCUT2D eigenvalue weighted by atomic mass is 10.2. The van der Waals surface area contributed by atoms with E-state index in [4.69, 9.17) is 0 Å². The summed E-state index contributed by atoms with van der Waals surface area (Å²) in [5.41, 5.74) is 4.88. The largest absolute Gasteiger partial charge is 0.281 e. The number of hydrazine groups is 1. The fraction of sp³-hybridized carbons (Fsp3) is 0. The molecule has 0 atom stereocenters. The SMILES string of the molecule is O=C(c1ccccc1)N1C=Cc2ccsc2N1. The Balaban J connectivity index is 1.86. The zero-order valence-electron chi connectivity index (χ0n) is 8.96. The van der Waals surface area contributed by atoms with Gasteiger partial charge in [-0.25, -0.2) is 5.01 Å². The molecule has 1 aliphatic rings. The monoisotopic (exact) mass is 242 g/mol. The van der Waals surface area contributed by atoms with E-state index in [0.29, 0.717) is 5.56 Å². The standard InChI is InChI=1S/C13H10N2OS/c16-13(11-4-2-1-3-5-11)15-8-6-10-7-9-17-12(10)14-15/h1-9,14H. The van der Waals surface area contributed by atoms with Crippen LogP contribution in [0, 0.1) is 0 Å². The number of hydrogen-bond acceptors (Lipinski definition) is 3. The van der Waals surface area contributed by atoms with Crippen molar-refractivity contribution in [3.8, 4) is 0 Å². The molecule has 2 aromatic rings. The van der Waals surface area contributed by atoms with Crippen LogP contribution in [-0.2, 0) is 0 Å². The van der Waals surface area contributed by atoms with Gasteiger partial charge in [-0.3, -0.25) is 10.2 Å². The molecule has 0 bridgehead atoms. The van der Waals surface area contributed by atoms with Crippen molar-refractivity contribution in [2.45, 2.75) is 0 Å². The number of fused-ring (bicyclic) bond motifs is 1. The average molecular weight is 242 g/mol. The summed E-state index contributed by atoms with van der Waals surface area (Å²) in [6.45, 7) is 0. The molecular weight excluding hydrogens is 232 g/mol. The van der Waals surface area contributed by atoms with Crippen LogP contribution < -0.4 is 5.43 Å². The molecule has 1 aliphatic heterocycles. The minimum absolute atomic E-state index is 0.0547. The maximum atomic E-state index is 12.1. The Kier molecular flexibility index (Phi) is 2.42. The molecule has 17 heavy (non-hydrogen) atoms. The molecule has 4 heteroatoms. The van der Waals surface area contributed by atoms with Crippen LogP contribution in [0.4, 0.5) is 5.00 Å². The molecule has 0 saturated heterocycles. The first kappa shape index (κ1) is 10.1. The highest BCUT2D eigenvalue weighted by Gasteiger charge is 2.17. The molecule has 1 amide bonds. The summed E-state index contributed by atoms with van der Waals surface area (Å²) in [5, 5.41) is 4.50. The van der Waals surface area contributed by atoms with Crippen LogP contribution in [0.2, 0.25) is 0 Å². The second-order valence-corrected chi connectivity index (χ2v) is 4.59. The summed E-state index contributed by atoms with van der Waals surface area (Å²) in [4.78, 5) is 12.1. The normalized spacial score (nSPS) is 13.1. The van der Waals surface area contributed by atoms with Crippen LogP contribution in [0.5, 0.6) is 0 Å². The lowest BCUT2D eigenvalue weighted by Gasteiger charge is -2.23. The highest BCUT2D eigenvalue weighted by Crippen LogP contribution is 2.28. The van der Waals surface area contributed by atoms with E-state index >= 15 is 0 Å². The Morgan fingerprint density at radius 3 is 2.82 bits per heavy atom. The number of amides is 1. The van der Waals surface area contributed by atoms with E-state index in [0.717, 1.165) is 10.6 Å². The third-order valence-corrected chi connectivity index (χ3v) is 3.40. The summed E-state index contributed by atoms with van der Waals surface area (Å²) in [6, 6.07) is 11.2. The van der Waals surface area contributed by atoms with E-state index in [2.05, 4.69) is 5.43 Å². The molecular formula is C13H10N2OS. The van der Waals surface area contributed by atoms with Gasteiger partial charge in [0.1, 0.15) is 5.00 Å². The van der Waals surface area contributed by atoms with Gasteiger partial charge in [0.05, 0.1) is 0 Å². The van der Waals surface area contributed by atoms with E-state index < -0.39 is 0 Å². The van der Waals surface area contributed by atoms with Crippen LogP contribution in [0.15, 0.2) is 48.0 Å². The highest BCUT2D eigenvalue weighted by atomic mass is 32.1. The van der Waals surface area contributed by atoms with Crippen LogP contribution in [0.25, 0.3) is 6.08 Å². The summed E-state index contributed by atoms with van der Waals surface area (Å²) in [7, 11) is 0. The molecule has 3 rings (SSSR count). The Labute approximate surface area is 103 Å². The Morgan fingerprint density at radius 1 is 1.18 bits per heavy atom. The Morgan fingerprint density at radius 2 is 2.00 bits per heavy atom. The molecule has 1 N–H and O–H groups in total. The summed E-state index contributed by atoms with van der Waals surface area (Å²) < 4.78 is 0. The first-order valence-corrected chi connectivity index (χ1v) is 6.13. The van der Waals surface area contributed by atoms with Crippen molar-refractivity contribution < 1.29 is 4.79 Å². The summed E-state index contributed by atoms with van der Waals surface area (Å²) >= 11 is 1.59. The van der Waals surface area contributed by atoms with E-state index in [1.807, 2.05) is 47.9 Å². The zero-order chi connectivity index (χ0) is 11.7. The number of carbonyl (C=O) groups is 1. The van der Waals surface area contributed by atoms with Gasteiger partial charge in [0.2, 0.25) is 0 Å². The second-order valence-electron chi connectivity index (χ2n) is 3.67. The smallest absolute Gasteiger partial charge is 0.276 e. The van der Waals surface area contributed by atoms with E-state index in [1.165, 1.54) is 5.01 Å². The molecule has 0 spiro atoms. The fourth-order valence-electron chi connectivity index (χ4n) is 1.68. The van der Waals surface area contributed by atoms with Gasteiger partial charge in [-0.2, -0.15) is 0 Å². The molecule has 0 fully saturated rings. The maximum absolute atomic E-state index is 12.1. The van der Waals surface area contributed by atoms with Crippen molar-refractivity contribution in [3.05, 3.63) is 59.1 Å². The molecule has 0 saturated carbocycles. The number of rotatable bonds is 1. The molecule has 1 aromatic carbocycles. The van der Waals surface area contributed by atoms with Crippen LogP contribution in [0.1, 0.15) is 15.9 Å². The van der Waals surface area contributed by atoms with Crippen molar-refractivity contribution in [1.82, 2.24) is 5.01 Å². The van der Waals surface area contributed by atoms with Crippen LogP contribution in [-0.4, -0.2) is 10.9 Å². The van der Waals surface area contributed by atoms with Crippen molar-refractivity contribution in [3.63, 3.8) is 0 Å². The predicted molar refractivity (Wildman–Crippen MR) is 69.6 cm³/mol. The van der Waals surface area contributed by atoms with Crippen molar-refractivity contribution in [2.24, 2.45) is 0 Å². The lowest BCUT2D eigenvalue weighted by Crippen LogP contribution is -2.32. The molecule has 2 heterocycles. The summed E-state index contributed by atoms with van der Waals surface area (Å²) in [6.07, 6.45) is 3.69. The number of nitrogens with zero attached hydrogens (tertiary/aromatic N) is 1. The Bertz CT molecular complexity index is 574. The number of thiophene rings is 1. The van der Waals surface area contributed by atoms with Crippen molar-refractivity contribution >= 4 is 28.3 Å². The van der Waals surface area contributed by atoms with E-state index in [1.54, 1.807) is 17.5 Å². The first-order valence-electron chi connectivity index (χ1n) is 5.25. The van der Waals surface area contributed by atoms with Gasteiger partial charge in [0.15, 0.2) is 0 Å². The number of benzene rings is 1. The van der Waals surface area contributed by atoms with Gasteiger partial charge >= 0.3 is 0 Å². The van der Waals surface area contributed by atoms with Gasteiger partial charge in [0.25, 0.3) is 5.91 Å². The minimum atomic E-state index is -0.0547. The third-order valence-electron chi connectivity index (χ3n) is 2.56. The van der Waals surface area contributed by atoms with Crippen molar-refractivity contribution in [1.29, 1.82) is 0 Å². The number of carbonyl (C=O) groups excluding carboxylic acids is 1. The zero-order valence-corrected chi connectivity index (χ0v) is 9.78. The molecule has 3 nitrogen and oxygen atoms in total. The average Bonchev–Trinajstić information content (AvgIpc) is 2.86. The molecule has 84 valence electrons. The number of nitrogens with one attached hydrogen (secondary N) is 1. The highest BCUT2D eigenvalue weighted by molar-refractivity contribution is 7.14. The van der Waals surface area contributed by atoms with Gasteiger partial charge in [0, 0.05) is 17.3 Å². The molecule has 1 aromatic heterocycles. The van der Waals surface area contributed by atoms with E-state index in [-0.39, 0.29) is 5.91 Å². The second kappa shape index (κ2) is 4.07. The summed E-state index contributed by atoms with van der Waals surface area (Å²) in [5.74, 6) is -0.0547. The first-order chi connectivity index (χ1) is 8.34. The van der Waals surface area contributed by atoms with Gasteiger partial charge in [-0.05, 0) is 29.7 Å². The molecule has 0 radical (unpaired) electrons. The fourth-order valence-corrected chi connectivity index (χ4v) is 2.45. The third kappa shape index (κ3) is 1.83. The van der Waals surface area contributed by atoms with Crippen LogP contribution >= 0.6 is 11.3 Å². The topological polar surface area (TPSA) is 32.3 Å². The van der Waals surface area contributed by atoms with E-state index in [9.17, 15) is 4.79 Å². The molecule has 0 aliphatic carbocycles. The number of hydrogen-bond donors (Lipinski definition) is 1. The predicted octanol–water partition coefficient (Wildman–Crippen LogP) is 3.20. The van der Waals surface area contributed by atoms with Gasteiger partial charge < -0.3 is 0 Å². The Hall–Kier alpha value is -2.07. The molecule has 0 unspecified atom stereocenters. The van der Waals surface area contributed by atoms with Crippen LogP contribution in [0.3, 0.4) is 0 Å². The minimum Gasteiger partial charge on any atom is -0.281 e. The van der Waals surface area contributed by atoms with Gasteiger partial charge in [-0.1, -0.05) is 18.2 Å². The van der Waals surface area contributed by atoms with Gasteiger partial charge in [-0.15, -0.1) is 11.3 Å². The maximum Gasteiger partial charge on any atom is 0.276 e. The quantitative estimate of drug-likeness (QED) is 0.832. The lowest BCUT2D eigenvalue weighted by molar-refractivity contribution is 0.0849. The van der Waals surface area contributed by atoms with Crippen molar-refractivity contribution in [2.75, 3.05) is 5.43 Å².